The Kier molecular flexibility index (Phi) is 3.97. The molecule has 1 nitrogen and oxygen atoms in total. The molecule has 0 aliphatic heterocycles. The highest BCUT2D eigenvalue weighted by atomic mass is 32.1. The van der Waals surface area contributed by atoms with Gasteiger partial charge in [-0.05, 0) is 41.5 Å². The fourth-order valence-electron chi connectivity index (χ4n) is 1.97. The van der Waals surface area contributed by atoms with Crippen LogP contribution in [-0.4, -0.2) is 5.11 Å². The summed E-state index contributed by atoms with van der Waals surface area (Å²) in [7, 11) is 0. The Morgan fingerprint density at radius 3 is 2.41 bits per heavy atom. The van der Waals surface area contributed by atoms with E-state index in [9.17, 15) is 5.11 Å². The molecule has 0 aliphatic carbocycles. The molecule has 0 fully saturated rings. The van der Waals surface area contributed by atoms with Crippen LogP contribution in [0, 0.1) is 6.92 Å². The lowest BCUT2D eigenvalue weighted by Crippen LogP contribution is -1.99. The summed E-state index contributed by atoms with van der Waals surface area (Å²) in [5, 5.41) is 12.3. The third-order valence-electron chi connectivity index (χ3n) is 2.98. The van der Waals surface area contributed by atoms with Crippen LogP contribution in [0.3, 0.4) is 0 Å². The van der Waals surface area contributed by atoms with E-state index in [-0.39, 0.29) is 0 Å². The minimum absolute atomic E-state index is 0.481. The van der Waals surface area contributed by atoms with Crippen molar-refractivity contribution in [3.8, 4) is 0 Å². The fraction of sp³-hybridized carbons (Fsp3) is 0.333. The van der Waals surface area contributed by atoms with Crippen LogP contribution in [-0.2, 0) is 6.42 Å². The smallest absolute Gasteiger partial charge is 0.113 e. The summed E-state index contributed by atoms with van der Waals surface area (Å²) in [6, 6.07) is 10.4. The Balaban J connectivity index is 2.20. The number of thiophene rings is 1. The molecule has 2 aromatic rings. The second-order valence-corrected chi connectivity index (χ2v) is 5.31. The van der Waals surface area contributed by atoms with E-state index in [0.717, 1.165) is 23.3 Å². The Labute approximate surface area is 107 Å². The molecule has 1 aromatic carbocycles. The number of rotatable bonds is 4. The maximum absolute atomic E-state index is 10.3. The largest absolute Gasteiger partial charge is 0.383 e. The van der Waals surface area contributed by atoms with Gasteiger partial charge in [0.2, 0.25) is 0 Å². The first-order valence-electron chi connectivity index (χ1n) is 6.03. The predicted molar refractivity (Wildman–Crippen MR) is 73.6 cm³/mol. The van der Waals surface area contributed by atoms with Gasteiger partial charge < -0.3 is 5.11 Å². The Morgan fingerprint density at radius 2 is 1.88 bits per heavy atom. The minimum atomic E-state index is -0.481. The summed E-state index contributed by atoms with van der Waals surface area (Å²) >= 11 is 1.62. The van der Waals surface area contributed by atoms with Crippen LogP contribution >= 0.6 is 11.3 Å². The highest BCUT2D eigenvalue weighted by Gasteiger charge is 2.13. The monoisotopic (exact) mass is 246 g/mol. The molecule has 0 bridgehead atoms. The minimum Gasteiger partial charge on any atom is -0.383 e. The first-order chi connectivity index (χ1) is 8.22. The van der Waals surface area contributed by atoms with Crippen molar-refractivity contribution in [1.29, 1.82) is 0 Å². The number of hydrogen-bond donors (Lipinski definition) is 1. The average Bonchev–Trinajstić information content (AvgIpc) is 2.76. The van der Waals surface area contributed by atoms with Gasteiger partial charge in [0.1, 0.15) is 6.10 Å². The second-order valence-electron chi connectivity index (χ2n) is 4.36. The van der Waals surface area contributed by atoms with Crippen molar-refractivity contribution in [2.45, 2.75) is 32.8 Å². The Hall–Kier alpha value is -1.12. The Bertz CT molecular complexity index is 470. The zero-order valence-corrected chi connectivity index (χ0v) is 11.1. The number of benzene rings is 1. The molecule has 2 rings (SSSR count). The summed E-state index contributed by atoms with van der Waals surface area (Å²) in [5.74, 6) is 0. The normalized spacial score (nSPS) is 12.6. The van der Waals surface area contributed by atoms with E-state index >= 15 is 0 Å². The van der Waals surface area contributed by atoms with E-state index in [1.54, 1.807) is 11.3 Å². The summed E-state index contributed by atoms with van der Waals surface area (Å²) in [6.45, 7) is 4.22. The lowest BCUT2D eigenvalue weighted by Gasteiger charge is -2.11. The number of aryl methyl sites for hydroxylation is 2. The number of aliphatic hydroxyl groups excluding tert-OH is 1. The number of hydrogen-bond acceptors (Lipinski definition) is 2. The van der Waals surface area contributed by atoms with Crippen molar-refractivity contribution in [3.05, 3.63) is 57.3 Å². The molecule has 0 amide bonds. The van der Waals surface area contributed by atoms with Gasteiger partial charge in [-0.3, -0.25) is 0 Å². The molecule has 1 heterocycles. The van der Waals surface area contributed by atoms with Crippen LogP contribution in [0.1, 0.15) is 41.0 Å². The van der Waals surface area contributed by atoms with E-state index in [1.807, 2.05) is 24.4 Å². The van der Waals surface area contributed by atoms with Crippen molar-refractivity contribution < 1.29 is 5.11 Å². The van der Waals surface area contributed by atoms with Crippen LogP contribution in [0.2, 0.25) is 0 Å². The zero-order chi connectivity index (χ0) is 12.3. The van der Waals surface area contributed by atoms with Gasteiger partial charge in [-0.2, -0.15) is 0 Å². The summed E-state index contributed by atoms with van der Waals surface area (Å²) in [6.07, 6.45) is 1.78. The van der Waals surface area contributed by atoms with Crippen LogP contribution in [0.25, 0.3) is 0 Å². The zero-order valence-electron chi connectivity index (χ0n) is 10.3. The molecule has 2 heteroatoms. The molecule has 0 aliphatic rings. The predicted octanol–water partition coefficient (Wildman–Crippen LogP) is 4.09. The molecule has 1 N–H and O–H groups in total. The SMILES string of the molecule is CCCc1ccc(C(O)c2sccc2C)cc1. The van der Waals surface area contributed by atoms with Gasteiger partial charge in [-0.25, -0.2) is 0 Å². The highest BCUT2D eigenvalue weighted by Crippen LogP contribution is 2.29. The van der Waals surface area contributed by atoms with Gasteiger partial charge in [0.25, 0.3) is 0 Å². The molecule has 1 unspecified atom stereocenters. The Morgan fingerprint density at radius 1 is 1.18 bits per heavy atom. The highest BCUT2D eigenvalue weighted by molar-refractivity contribution is 7.10. The van der Waals surface area contributed by atoms with Gasteiger partial charge in [-0.15, -0.1) is 11.3 Å². The van der Waals surface area contributed by atoms with Gasteiger partial charge in [0.15, 0.2) is 0 Å². The summed E-state index contributed by atoms with van der Waals surface area (Å²) in [4.78, 5) is 1.05. The maximum atomic E-state index is 10.3. The van der Waals surface area contributed by atoms with E-state index in [0.29, 0.717) is 0 Å². The van der Waals surface area contributed by atoms with E-state index in [4.69, 9.17) is 0 Å². The van der Waals surface area contributed by atoms with E-state index < -0.39 is 6.10 Å². The summed E-state index contributed by atoms with van der Waals surface area (Å²) in [5.41, 5.74) is 3.49. The van der Waals surface area contributed by atoms with Crippen LogP contribution in [0.4, 0.5) is 0 Å². The molecule has 0 saturated heterocycles. The molecular weight excluding hydrogens is 228 g/mol. The molecule has 1 aromatic heterocycles. The topological polar surface area (TPSA) is 20.2 Å². The molecule has 0 radical (unpaired) electrons. The van der Waals surface area contributed by atoms with E-state index in [1.165, 1.54) is 11.1 Å². The fourth-order valence-corrected chi connectivity index (χ4v) is 2.91. The third kappa shape index (κ3) is 2.76. The first kappa shape index (κ1) is 12.3. The van der Waals surface area contributed by atoms with Crippen molar-refractivity contribution in [2.24, 2.45) is 0 Å². The molecule has 1 atom stereocenters. The summed E-state index contributed by atoms with van der Waals surface area (Å²) < 4.78 is 0. The van der Waals surface area contributed by atoms with E-state index in [2.05, 4.69) is 25.1 Å². The molecule has 17 heavy (non-hydrogen) atoms. The first-order valence-corrected chi connectivity index (χ1v) is 6.91. The van der Waals surface area contributed by atoms with Gasteiger partial charge in [-0.1, -0.05) is 37.6 Å². The van der Waals surface area contributed by atoms with Gasteiger partial charge in [0, 0.05) is 4.88 Å². The molecule has 0 saturated carbocycles. The molecular formula is C15H18OS. The van der Waals surface area contributed by atoms with Crippen molar-refractivity contribution in [3.63, 3.8) is 0 Å². The lowest BCUT2D eigenvalue weighted by molar-refractivity contribution is 0.223. The number of aliphatic hydroxyl groups is 1. The van der Waals surface area contributed by atoms with Crippen LogP contribution < -0.4 is 0 Å². The van der Waals surface area contributed by atoms with Gasteiger partial charge in [0.05, 0.1) is 0 Å². The third-order valence-corrected chi connectivity index (χ3v) is 4.06. The van der Waals surface area contributed by atoms with Crippen molar-refractivity contribution >= 4 is 11.3 Å². The maximum Gasteiger partial charge on any atom is 0.113 e. The molecule has 0 spiro atoms. The second kappa shape index (κ2) is 5.48. The van der Waals surface area contributed by atoms with Crippen LogP contribution in [0.15, 0.2) is 35.7 Å². The van der Waals surface area contributed by atoms with Crippen LogP contribution in [0.5, 0.6) is 0 Å². The quantitative estimate of drug-likeness (QED) is 0.861. The molecule has 90 valence electrons. The van der Waals surface area contributed by atoms with Crippen molar-refractivity contribution in [1.82, 2.24) is 0 Å². The van der Waals surface area contributed by atoms with Crippen molar-refractivity contribution in [2.75, 3.05) is 0 Å². The lowest BCUT2D eigenvalue weighted by atomic mass is 10.0. The average molecular weight is 246 g/mol. The van der Waals surface area contributed by atoms with Gasteiger partial charge >= 0.3 is 0 Å². The standard InChI is InChI=1S/C15H18OS/c1-3-4-12-5-7-13(8-6-12)14(16)15-11(2)9-10-17-15/h5-10,14,16H,3-4H2,1-2H3.